The Bertz CT molecular complexity index is 1470. The highest BCUT2D eigenvalue weighted by atomic mass is 79.9. The summed E-state index contributed by atoms with van der Waals surface area (Å²) in [6.45, 7) is 7.44. The molecule has 42 heavy (non-hydrogen) atoms. The lowest BCUT2D eigenvalue weighted by Gasteiger charge is -2.32. The van der Waals surface area contributed by atoms with E-state index in [2.05, 4.69) is 35.1 Å². The number of amides is 2. The summed E-state index contributed by atoms with van der Waals surface area (Å²) in [6.07, 6.45) is 3.99. The van der Waals surface area contributed by atoms with Crippen molar-refractivity contribution in [2.75, 3.05) is 10.8 Å². The molecule has 1 aliphatic rings. The Labute approximate surface area is 258 Å². The number of hydrogen-bond acceptors (Lipinski definition) is 4. The number of nitrogens with zero attached hydrogens (tertiary/aromatic N) is 2. The Morgan fingerprint density at radius 3 is 2.07 bits per heavy atom. The van der Waals surface area contributed by atoms with Gasteiger partial charge in [0.2, 0.25) is 11.8 Å². The molecule has 0 heterocycles. The number of halogens is 1. The summed E-state index contributed by atoms with van der Waals surface area (Å²) < 4.78 is 30.1. The molecule has 3 aromatic rings. The molecule has 0 bridgehead atoms. The van der Waals surface area contributed by atoms with E-state index in [1.165, 1.54) is 4.90 Å². The standard InChI is InChI=1S/C33H40BrN3O4S/c1-23(2)27-13-17-30(18-14-27)37(42(40,41)31-19-9-24(3)10-20-31)22-32(38)36(21-26-11-15-28(34)16-12-26)25(4)33(39)35-29-7-5-6-8-29/h9-20,23,25,29H,5-8,21-22H2,1-4H3,(H,35,39). The minimum Gasteiger partial charge on any atom is -0.352 e. The van der Waals surface area contributed by atoms with Crippen LogP contribution in [0.15, 0.2) is 82.2 Å². The summed E-state index contributed by atoms with van der Waals surface area (Å²) in [5.41, 5.74) is 3.22. The summed E-state index contributed by atoms with van der Waals surface area (Å²) in [5.74, 6) is -0.430. The summed E-state index contributed by atoms with van der Waals surface area (Å²) in [4.78, 5) is 29.0. The van der Waals surface area contributed by atoms with Crippen molar-refractivity contribution >= 4 is 43.5 Å². The highest BCUT2D eigenvalue weighted by Gasteiger charge is 2.33. The maximum Gasteiger partial charge on any atom is 0.264 e. The number of sulfonamides is 1. The van der Waals surface area contributed by atoms with Crippen molar-refractivity contribution in [1.29, 1.82) is 0 Å². The van der Waals surface area contributed by atoms with Gasteiger partial charge in [-0.3, -0.25) is 13.9 Å². The first kappa shape index (κ1) is 31.8. The molecule has 3 aromatic carbocycles. The third-order valence-corrected chi connectivity index (χ3v) is 10.2. The molecule has 1 fully saturated rings. The first-order valence-electron chi connectivity index (χ1n) is 14.5. The molecule has 1 atom stereocenters. The molecule has 4 rings (SSSR count). The second kappa shape index (κ2) is 13.9. The predicted octanol–water partition coefficient (Wildman–Crippen LogP) is 6.55. The van der Waals surface area contributed by atoms with E-state index in [9.17, 15) is 18.0 Å². The average molecular weight is 655 g/mol. The van der Waals surface area contributed by atoms with Crippen molar-refractivity contribution in [3.05, 3.63) is 94.0 Å². The summed E-state index contributed by atoms with van der Waals surface area (Å²) in [7, 11) is -4.10. The van der Waals surface area contributed by atoms with E-state index in [0.717, 1.165) is 51.2 Å². The quantitative estimate of drug-likeness (QED) is 0.254. The molecule has 0 aliphatic heterocycles. The SMILES string of the molecule is Cc1ccc(S(=O)(=O)N(CC(=O)N(Cc2ccc(Br)cc2)C(C)C(=O)NC2CCCC2)c2ccc(C(C)C)cc2)cc1. The van der Waals surface area contributed by atoms with Gasteiger partial charge < -0.3 is 10.2 Å². The van der Waals surface area contributed by atoms with Crippen LogP contribution in [0.25, 0.3) is 0 Å². The van der Waals surface area contributed by atoms with E-state index in [0.29, 0.717) is 5.69 Å². The number of carbonyl (C=O) groups is 2. The van der Waals surface area contributed by atoms with Crippen LogP contribution in [0.4, 0.5) is 5.69 Å². The van der Waals surface area contributed by atoms with Crippen LogP contribution in [0.5, 0.6) is 0 Å². The maximum absolute atomic E-state index is 14.1. The monoisotopic (exact) mass is 653 g/mol. The van der Waals surface area contributed by atoms with E-state index in [1.807, 2.05) is 43.3 Å². The van der Waals surface area contributed by atoms with Crippen LogP contribution in [0.2, 0.25) is 0 Å². The summed E-state index contributed by atoms with van der Waals surface area (Å²) in [6, 6.07) is 20.7. The number of benzene rings is 3. The van der Waals surface area contributed by atoms with Gasteiger partial charge in [-0.2, -0.15) is 0 Å². The lowest BCUT2D eigenvalue weighted by atomic mass is 10.0. The van der Waals surface area contributed by atoms with Gasteiger partial charge in [0.15, 0.2) is 0 Å². The number of carbonyl (C=O) groups excluding carboxylic acids is 2. The third-order valence-electron chi connectivity index (χ3n) is 7.87. The molecule has 7 nitrogen and oxygen atoms in total. The lowest BCUT2D eigenvalue weighted by molar-refractivity contribution is -0.139. The number of anilines is 1. The van der Waals surface area contributed by atoms with Crippen molar-refractivity contribution in [3.63, 3.8) is 0 Å². The van der Waals surface area contributed by atoms with Gasteiger partial charge in [-0.1, -0.05) is 84.6 Å². The molecule has 1 unspecified atom stereocenters. The van der Waals surface area contributed by atoms with Crippen molar-refractivity contribution in [3.8, 4) is 0 Å². The number of nitrogens with one attached hydrogen (secondary N) is 1. The third kappa shape index (κ3) is 7.81. The Balaban J connectivity index is 1.69. The van der Waals surface area contributed by atoms with Gasteiger partial charge in [0.05, 0.1) is 10.6 Å². The molecule has 0 saturated heterocycles. The lowest BCUT2D eigenvalue weighted by Crippen LogP contribution is -2.52. The topological polar surface area (TPSA) is 86.8 Å². The Hall–Kier alpha value is -3.17. The first-order chi connectivity index (χ1) is 20.0. The molecule has 0 radical (unpaired) electrons. The van der Waals surface area contributed by atoms with Crippen LogP contribution in [0.1, 0.15) is 69.1 Å². The zero-order chi connectivity index (χ0) is 30.4. The molecule has 2 amide bonds. The van der Waals surface area contributed by atoms with Crippen LogP contribution in [0.3, 0.4) is 0 Å². The van der Waals surface area contributed by atoms with Gasteiger partial charge in [-0.05, 0) is 80.1 Å². The van der Waals surface area contributed by atoms with E-state index in [1.54, 1.807) is 43.3 Å². The summed E-state index contributed by atoms with van der Waals surface area (Å²) >= 11 is 3.44. The minimum atomic E-state index is -4.10. The van der Waals surface area contributed by atoms with Gasteiger partial charge in [0.25, 0.3) is 10.0 Å². The van der Waals surface area contributed by atoms with Crippen molar-refractivity contribution in [1.82, 2.24) is 10.2 Å². The van der Waals surface area contributed by atoms with Crippen molar-refractivity contribution in [2.45, 2.75) is 82.8 Å². The van der Waals surface area contributed by atoms with Gasteiger partial charge in [-0.25, -0.2) is 8.42 Å². The largest absolute Gasteiger partial charge is 0.352 e. The highest BCUT2D eigenvalue weighted by molar-refractivity contribution is 9.10. The van der Waals surface area contributed by atoms with Crippen molar-refractivity contribution in [2.24, 2.45) is 0 Å². The molecule has 1 N–H and O–H groups in total. The Morgan fingerprint density at radius 2 is 1.50 bits per heavy atom. The van der Waals surface area contributed by atoms with Crippen LogP contribution >= 0.6 is 15.9 Å². The number of aryl methyl sites for hydroxylation is 1. The molecule has 0 spiro atoms. The summed E-state index contributed by atoms with van der Waals surface area (Å²) in [5, 5.41) is 3.10. The van der Waals surface area contributed by atoms with Crippen LogP contribution in [-0.2, 0) is 26.2 Å². The number of rotatable bonds is 11. The van der Waals surface area contributed by atoms with E-state index < -0.39 is 28.5 Å². The Kier molecular flexibility index (Phi) is 10.5. The fraction of sp³-hybridized carbons (Fsp3) is 0.394. The molecule has 1 saturated carbocycles. The predicted molar refractivity (Wildman–Crippen MR) is 171 cm³/mol. The molecule has 1 aliphatic carbocycles. The fourth-order valence-electron chi connectivity index (χ4n) is 5.15. The van der Waals surface area contributed by atoms with Crippen LogP contribution in [0, 0.1) is 6.92 Å². The second-order valence-corrected chi connectivity index (χ2v) is 14.2. The van der Waals surface area contributed by atoms with Crippen LogP contribution < -0.4 is 9.62 Å². The van der Waals surface area contributed by atoms with Gasteiger partial charge in [0.1, 0.15) is 12.6 Å². The number of hydrogen-bond donors (Lipinski definition) is 1. The van der Waals surface area contributed by atoms with Gasteiger partial charge in [-0.15, -0.1) is 0 Å². The van der Waals surface area contributed by atoms with E-state index >= 15 is 0 Å². The molecule has 224 valence electrons. The zero-order valence-electron chi connectivity index (χ0n) is 24.7. The molecular weight excluding hydrogens is 614 g/mol. The smallest absolute Gasteiger partial charge is 0.264 e. The van der Waals surface area contributed by atoms with Gasteiger partial charge in [0, 0.05) is 17.1 Å². The maximum atomic E-state index is 14.1. The molecular formula is C33H40BrN3O4S. The Morgan fingerprint density at radius 1 is 0.905 bits per heavy atom. The van der Waals surface area contributed by atoms with Gasteiger partial charge >= 0.3 is 0 Å². The second-order valence-electron chi connectivity index (χ2n) is 11.4. The zero-order valence-corrected chi connectivity index (χ0v) is 27.1. The van der Waals surface area contributed by atoms with Crippen LogP contribution in [-0.4, -0.2) is 43.8 Å². The minimum absolute atomic E-state index is 0.0975. The van der Waals surface area contributed by atoms with E-state index in [-0.39, 0.29) is 29.3 Å². The highest BCUT2D eigenvalue weighted by Crippen LogP contribution is 2.27. The van der Waals surface area contributed by atoms with Crippen molar-refractivity contribution < 1.29 is 18.0 Å². The normalized spacial score (nSPS) is 14.5. The molecule has 0 aromatic heterocycles. The average Bonchev–Trinajstić information content (AvgIpc) is 3.48. The fourth-order valence-corrected chi connectivity index (χ4v) is 6.83. The first-order valence-corrected chi connectivity index (χ1v) is 16.7. The van der Waals surface area contributed by atoms with E-state index in [4.69, 9.17) is 0 Å². The molecule has 9 heteroatoms.